The van der Waals surface area contributed by atoms with Crippen LogP contribution in [0.15, 0.2) is 70.7 Å². The van der Waals surface area contributed by atoms with Crippen LogP contribution in [0.3, 0.4) is 0 Å². The minimum Gasteiger partial charge on any atom is -0.488 e. The first-order chi connectivity index (χ1) is 11.7. The summed E-state index contributed by atoms with van der Waals surface area (Å²) in [4.78, 5) is 12.5. The normalized spacial score (nSPS) is 15.2. The van der Waals surface area contributed by atoms with E-state index < -0.39 is 0 Å². The highest BCUT2D eigenvalue weighted by Gasteiger charge is 2.23. The molecule has 0 amide bonds. The van der Waals surface area contributed by atoms with Crippen LogP contribution in [0.4, 0.5) is 4.39 Å². The second-order valence-corrected chi connectivity index (χ2v) is 5.49. The van der Waals surface area contributed by atoms with E-state index in [2.05, 4.69) is 0 Å². The summed E-state index contributed by atoms with van der Waals surface area (Å²) in [6, 6.07) is 16.8. The Hall–Kier alpha value is -3.14. The molecule has 3 nitrogen and oxygen atoms in total. The number of carbonyl (C=O) groups excluding carboxylic acids is 1. The number of halogens is 1. The van der Waals surface area contributed by atoms with Crippen LogP contribution in [0.5, 0.6) is 5.75 Å². The third-order valence-electron chi connectivity index (χ3n) is 3.88. The Morgan fingerprint density at radius 3 is 2.58 bits per heavy atom. The van der Waals surface area contributed by atoms with Crippen LogP contribution >= 0.6 is 0 Å². The van der Waals surface area contributed by atoms with Crippen LogP contribution in [0.25, 0.3) is 17.4 Å². The number of hydrogen-bond donors (Lipinski definition) is 0. The fourth-order valence-electron chi connectivity index (χ4n) is 2.65. The first-order valence-electron chi connectivity index (χ1n) is 7.53. The highest BCUT2D eigenvalue weighted by Crippen LogP contribution is 2.29. The minimum absolute atomic E-state index is 0.0587. The molecule has 2 aromatic carbocycles. The summed E-state index contributed by atoms with van der Waals surface area (Å²) in [5.41, 5.74) is 1.87. The van der Waals surface area contributed by atoms with E-state index in [0.717, 1.165) is 5.56 Å². The van der Waals surface area contributed by atoms with Gasteiger partial charge in [-0.1, -0.05) is 12.1 Å². The van der Waals surface area contributed by atoms with Gasteiger partial charge in [-0.05, 0) is 54.6 Å². The third-order valence-corrected chi connectivity index (χ3v) is 3.88. The molecule has 0 atom stereocenters. The highest BCUT2D eigenvalue weighted by molar-refractivity contribution is 6.13. The molecule has 1 aliphatic heterocycles. The predicted octanol–water partition coefficient (Wildman–Crippen LogP) is 4.74. The quantitative estimate of drug-likeness (QED) is 0.640. The largest absolute Gasteiger partial charge is 0.488 e. The summed E-state index contributed by atoms with van der Waals surface area (Å²) >= 11 is 0. The number of para-hydroxylation sites is 1. The van der Waals surface area contributed by atoms with E-state index in [4.69, 9.17) is 9.15 Å². The number of ketones is 1. The van der Waals surface area contributed by atoms with Gasteiger partial charge in [0.15, 0.2) is 5.78 Å². The maximum Gasteiger partial charge on any atom is 0.196 e. The van der Waals surface area contributed by atoms with E-state index in [-0.39, 0.29) is 18.2 Å². The standard InChI is InChI=1S/C20H13FO3/c21-15-7-5-13(6-8-15)18-10-9-16(24-18)11-14-12-23-19-4-2-1-3-17(19)20(14)22/h1-11H,12H2/b14-11+. The van der Waals surface area contributed by atoms with Gasteiger partial charge in [0, 0.05) is 11.1 Å². The van der Waals surface area contributed by atoms with E-state index >= 15 is 0 Å². The van der Waals surface area contributed by atoms with Gasteiger partial charge in [-0.25, -0.2) is 4.39 Å². The Kier molecular flexibility index (Phi) is 3.50. The van der Waals surface area contributed by atoms with Gasteiger partial charge in [0.1, 0.15) is 29.7 Å². The smallest absolute Gasteiger partial charge is 0.196 e. The molecule has 3 aromatic rings. The lowest BCUT2D eigenvalue weighted by Gasteiger charge is -2.18. The van der Waals surface area contributed by atoms with E-state index in [1.807, 2.05) is 12.1 Å². The average molecular weight is 320 g/mol. The number of carbonyl (C=O) groups is 1. The van der Waals surface area contributed by atoms with Crippen LogP contribution in [-0.4, -0.2) is 12.4 Å². The van der Waals surface area contributed by atoms with Gasteiger partial charge in [0.05, 0.1) is 5.56 Å². The van der Waals surface area contributed by atoms with Gasteiger partial charge < -0.3 is 9.15 Å². The fraction of sp³-hybridized carbons (Fsp3) is 0.0500. The molecular formula is C20H13FO3. The molecule has 0 saturated carbocycles. The highest BCUT2D eigenvalue weighted by atomic mass is 19.1. The van der Waals surface area contributed by atoms with Crippen molar-refractivity contribution in [1.29, 1.82) is 0 Å². The van der Waals surface area contributed by atoms with Crippen molar-refractivity contribution in [2.24, 2.45) is 0 Å². The summed E-state index contributed by atoms with van der Waals surface area (Å²) < 4.78 is 24.3. The molecule has 2 heterocycles. The second-order valence-electron chi connectivity index (χ2n) is 5.49. The summed E-state index contributed by atoms with van der Waals surface area (Å²) in [5.74, 6) is 1.42. The van der Waals surface area contributed by atoms with Crippen molar-refractivity contribution >= 4 is 11.9 Å². The molecule has 1 aliphatic rings. The maximum atomic E-state index is 13.0. The molecule has 1 aromatic heterocycles. The lowest BCUT2D eigenvalue weighted by Crippen LogP contribution is -2.18. The molecule has 0 fully saturated rings. The lowest BCUT2D eigenvalue weighted by atomic mass is 10.00. The molecule has 4 rings (SSSR count). The molecular weight excluding hydrogens is 307 g/mol. The van der Waals surface area contributed by atoms with Crippen molar-refractivity contribution in [2.75, 3.05) is 6.61 Å². The van der Waals surface area contributed by atoms with E-state index in [9.17, 15) is 9.18 Å². The van der Waals surface area contributed by atoms with Gasteiger partial charge in [-0.15, -0.1) is 0 Å². The zero-order valence-electron chi connectivity index (χ0n) is 12.7. The Labute approximate surface area is 138 Å². The molecule has 0 saturated heterocycles. The van der Waals surface area contributed by atoms with Gasteiger partial charge in [0.25, 0.3) is 0 Å². The van der Waals surface area contributed by atoms with Crippen molar-refractivity contribution in [2.45, 2.75) is 0 Å². The second kappa shape index (κ2) is 5.81. The molecule has 4 heteroatoms. The van der Waals surface area contributed by atoms with Crippen molar-refractivity contribution in [3.8, 4) is 17.1 Å². The molecule has 0 radical (unpaired) electrons. The molecule has 0 unspecified atom stereocenters. The van der Waals surface area contributed by atoms with Crippen molar-refractivity contribution in [3.05, 3.63) is 83.4 Å². The number of furan rings is 1. The van der Waals surface area contributed by atoms with Gasteiger partial charge in [-0.2, -0.15) is 0 Å². The monoisotopic (exact) mass is 320 g/mol. The van der Waals surface area contributed by atoms with Crippen molar-refractivity contribution in [3.63, 3.8) is 0 Å². The molecule has 118 valence electrons. The van der Waals surface area contributed by atoms with Crippen LogP contribution in [0, 0.1) is 5.82 Å². The van der Waals surface area contributed by atoms with Crippen molar-refractivity contribution in [1.82, 2.24) is 0 Å². The van der Waals surface area contributed by atoms with E-state index in [1.54, 1.807) is 42.5 Å². The number of rotatable bonds is 2. The number of Topliss-reactive ketones (excluding diaryl/α,β-unsaturated/α-hetero) is 1. The molecule has 0 spiro atoms. The SMILES string of the molecule is O=C1/C(=C/c2ccc(-c3ccc(F)cc3)o2)COc2ccccc21. The van der Waals surface area contributed by atoms with Crippen LogP contribution in [-0.2, 0) is 0 Å². The third kappa shape index (κ3) is 2.63. The molecule has 0 bridgehead atoms. The van der Waals surface area contributed by atoms with E-state index in [0.29, 0.717) is 28.4 Å². The number of hydrogen-bond acceptors (Lipinski definition) is 3. The van der Waals surface area contributed by atoms with Crippen molar-refractivity contribution < 1.29 is 18.3 Å². The average Bonchev–Trinajstić information content (AvgIpc) is 3.07. The minimum atomic E-state index is -0.295. The Morgan fingerprint density at radius 1 is 0.958 bits per heavy atom. The predicted molar refractivity (Wildman–Crippen MR) is 88.3 cm³/mol. The topological polar surface area (TPSA) is 39.4 Å². The van der Waals surface area contributed by atoms with Gasteiger partial charge in [-0.3, -0.25) is 4.79 Å². The number of ether oxygens (including phenoxy) is 1. The summed E-state index contributed by atoms with van der Waals surface area (Å²) in [5, 5.41) is 0. The number of benzene rings is 2. The maximum absolute atomic E-state index is 13.0. The van der Waals surface area contributed by atoms with Crippen LogP contribution < -0.4 is 4.74 Å². The first-order valence-corrected chi connectivity index (χ1v) is 7.53. The zero-order valence-corrected chi connectivity index (χ0v) is 12.7. The Balaban J connectivity index is 1.63. The fourth-order valence-corrected chi connectivity index (χ4v) is 2.65. The first kappa shape index (κ1) is 14.5. The Bertz CT molecular complexity index is 936. The zero-order chi connectivity index (χ0) is 16.5. The number of fused-ring (bicyclic) bond motifs is 1. The summed E-state index contributed by atoms with van der Waals surface area (Å²) in [6.45, 7) is 0.211. The molecule has 0 aliphatic carbocycles. The van der Waals surface area contributed by atoms with Gasteiger partial charge >= 0.3 is 0 Å². The molecule has 24 heavy (non-hydrogen) atoms. The molecule has 0 N–H and O–H groups in total. The van der Waals surface area contributed by atoms with E-state index in [1.165, 1.54) is 12.1 Å². The Morgan fingerprint density at radius 2 is 1.75 bits per heavy atom. The van der Waals surface area contributed by atoms with Crippen LogP contribution in [0.1, 0.15) is 16.1 Å². The summed E-state index contributed by atoms with van der Waals surface area (Å²) in [7, 11) is 0. The van der Waals surface area contributed by atoms with Crippen LogP contribution in [0.2, 0.25) is 0 Å². The van der Waals surface area contributed by atoms with Gasteiger partial charge in [0.2, 0.25) is 0 Å². The lowest BCUT2D eigenvalue weighted by molar-refractivity contribution is 0.100. The summed E-state index contributed by atoms with van der Waals surface area (Å²) in [6.07, 6.45) is 1.69.